The van der Waals surface area contributed by atoms with Gasteiger partial charge in [-0.2, -0.15) is 5.26 Å². The Morgan fingerprint density at radius 2 is 1.54 bits per heavy atom. The second kappa shape index (κ2) is 9.07. The minimum absolute atomic E-state index is 0.221. The largest absolute Gasteiger partial charge is 0.197 e. The number of rotatable bonds is 6. The summed E-state index contributed by atoms with van der Waals surface area (Å²) in [5.74, 6) is 2.82. The van der Waals surface area contributed by atoms with Crippen molar-refractivity contribution < 1.29 is 0 Å². The van der Waals surface area contributed by atoms with Gasteiger partial charge in [0.05, 0.1) is 11.5 Å². The molecule has 0 spiro atoms. The monoisotopic (exact) mass is 351 g/mol. The number of nitriles is 1. The maximum Gasteiger partial charge on any atom is 0.0822 e. The molecule has 1 nitrogen and oxygen atoms in total. The van der Waals surface area contributed by atoms with Gasteiger partial charge >= 0.3 is 0 Å². The molecule has 0 bridgehead atoms. The van der Waals surface area contributed by atoms with Crippen LogP contribution in [0.3, 0.4) is 0 Å². The van der Waals surface area contributed by atoms with Crippen molar-refractivity contribution in [2.24, 2.45) is 17.8 Å². The van der Waals surface area contributed by atoms with Crippen LogP contribution in [0.25, 0.3) is 0 Å². The van der Waals surface area contributed by atoms with Gasteiger partial charge in [0.15, 0.2) is 0 Å². The zero-order valence-corrected chi connectivity index (χ0v) is 17.0. The van der Waals surface area contributed by atoms with Crippen molar-refractivity contribution in [3.63, 3.8) is 0 Å². The highest BCUT2D eigenvalue weighted by Crippen LogP contribution is 2.47. The second-order valence-electron chi connectivity index (χ2n) is 9.00. The van der Waals surface area contributed by atoms with Crippen molar-refractivity contribution in [1.29, 1.82) is 5.26 Å². The molecule has 26 heavy (non-hydrogen) atoms. The van der Waals surface area contributed by atoms with E-state index in [0.717, 1.165) is 37.0 Å². The lowest BCUT2D eigenvalue weighted by molar-refractivity contribution is 0.144. The number of unbranched alkanes of at least 4 members (excludes halogenated alkanes) is 1. The molecule has 0 N–H and O–H groups in total. The molecule has 0 amide bonds. The fraction of sp³-hybridized carbons (Fsp3) is 0.720. The van der Waals surface area contributed by atoms with E-state index in [1.807, 2.05) is 0 Å². The van der Waals surface area contributed by atoms with Gasteiger partial charge in [-0.15, -0.1) is 0 Å². The third-order valence-corrected chi connectivity index (χ3v) is 7.54. The summed E-state index contributed by atoms with van der Waals surface area (Å²) >= 11 is 0. The summed E-state index contributed by atoms with van der Waals surface area (Å²) in [7, 11) is 0. The maximum atomic E-state index is 9.99. The van der Waals surface area contributed by atoms with E-state index in [-0.39, 0.29) is 5.41 Å². The van der Waals surface area contributed by atoms with Gasteiger partial charge in [-0.3, -0.25) is 0 Å². The minimum atomic E-state index is -0.221. The van der Waals surface area contributed by atoms with E-state index in [4.69, 9.17) is 0 Å². The van der Waals surface area contributed by atoms with Crippen molar-refractivity contribution >= 4 is 0 Å². The first-order valence-electron chi connectivity index (χ1n) is 11.2. The summed E-state index contributed by atoms with van der Waals surface area (Å²) in [5.41, 5.74) is 2.41. The van der Waals surface area contributed by atoms with Crippen LogP contribution in [0, 0.1) is 29.1 Å². The van der Waals surface area contributed by atoms with Crippen molar-refractivity contribution in [2.45, 2.75) is 96.3 Å². The molecule has 2 aliphatic carbocycles. The molecule has 0 aromatic heterocycles. The SMILES string of the molecule is CCCCC1CCC(C2CCC(C#N)(c3ccc(CC)cc3)CC2)CC1. The van der Waals surface area contributed by atoms with Crippen LogP contribution in [0.5, 0.6) is 0 Å². The summed E-state index contributed by atoms with van der Waals surface area (Å²) in [4.78, 5) is 0. The van der Waals surface area contributed by atoms with E-state index in [2.05, 4.69) is 44.2 Å². The van der Waals surface area contributed by atoms with Crippen molar-refractivity contribution in [3.8, 4) is 6.07 Å². The summed E-state index contributed by atoms with van der Waals surface area (Å²) in [6.07, 6.45) is 15.8. The standard InChI is InChI=1S/C25H37N/c1-3-5-6-21-7-11-22(12-8-21)23-15-17-25(19-26,18-16-23)24-13-9-20(4-2)10-14-24/h9-10,13-14,21-23H,3-8,11-12,15-18H2,1-2H3. The second-order valence-corrected chi connectivity index (χ2v) is 9.00. The minimum Gasteiger partial charge on any atom is -0.197 e. The Morgan fingerprint density at radius 3 is 2.08 bits per heavy atom. The number of nitrogens with zero attached hydrogens (tertiary/aromatic N) is 1. The zero-order valence-electron chi connectivity index (χ0n) is 17.0. The van der Waals surface area contributed by atoms with E-state index >= 15 is 0 Å². The number of benzene rings is 1. The summed E-state index contributed by atoms with van der Waals surface area (Å²) in [5, 5.41) is 9.99. The maximum absolute atomic E-state index is 9.99. The van der Waals surface area contributed by atoms with Gasteiger partial charge in [-0.05, 0) is 73.8 Å². The number of hydrogen-bond acceptors (Lipinski definition) is 1. The third kappa shape index (κ3) is 4.33. The van der Waals surface area contributed by atoms with Crippen LogP contribution < -0.4 is 0 Å². The lowest BCUT2D eigenvalue weighted by Gasteiger charge is -2.41. The van der Waals surface area contributed by atoms with Crippen LogP contribution in [0.15, 0.2) is 24.3 Å². The molecule has 0 saturated heterocycles. The molecule has 1 aromatic rings. The Bertz CT molecular complexity index is 578. The zero-order chi connectivity index (χ0) is 18.4. The fourth-order valence-electron chi connectivity index (χ4n) is 5.57. The highest BCUT2D eigenvalue weighted by molar-refractivity contribution is 5.35. The van der Waals surface area contributed by atoms with Gasteiger partial charge < -0.3 is 0 Å². The number of hydrogen-bond donors (Lipinski definition) is 0. The van der Waals surface area contributed by atoms with E-state index in [1.54, 1.807) is 0 Å². The van der Waals surface area contributed by atoms with E-state index in [0.29, 0.717) is 0 Å². The molecule has 1 aromatic carbocycles. The number of aryl methyl sites for hydroxylation is 1. The first-order chi connectivity index (χ1) is 12.7. The van der Waals surface area contributed by atoms with Crippen LogP contribution in [-0.4, -0.2) is 0 Å². The lowest BCUT2D eigenvalue weighted by Crippen LogP contribution is -2.33. The smallest absolute Gasteiger partial charge is 0.0822 e. The van der Waals surface area contributed by atoms with Crippen molar-refractivity contribution in [1.82, 2.24) is 0 Å². The normalized spacial score (nSPS) is 32.1. The van der Waals surface area contributed by atoms with Gasteiger partial charge in [0, 0.05) is 0 Å². The van der Waals surface area contributed by atoms with Crippen molar-refractivity contribution in [2.75, 3.05) is 0 Å². The molecular formula is C25H37N. The van der Waals surface area contributed by atoms with Crippen molar-refractivity contribution in [3.05, 3.63) is 35.4 Å². The van der Waals surface area contributed by atoms with Gasteiger partial charge in [0.1, 0.15) is 0 Å². The quantitative estimate of drug-likeness (QED) is 0.531. The Hall–Kier alpha value is -1.29. The van der Waals surface area contributed by atoms with Crippen LogP contribution in [-0.2, 0) is 11.8 Å². The Labute approximate surface area is 161 Å². The molecule has 0 aliphatic heterocycles. The molecule has 2 aliphatic rings. The van der Waals surface area contributed by atoms with Crippen LogP contribution in [0.2, 0.25) is 0 Å². The summed E-state index contributed by atoms with van der Waals surface area (Å²) in [6, 6.07) is 11.6. The third-order valence-electron chi connectivity index (χ3n) is 7.54. The van der Waals surface area contributed by atoms with Gasteiger partial charge in [-0.1, -0.05) is 70.2 Å². The predicted molar refractivity (Wildman–Crippen MR) is 110 cm³/mol. The highest BCUT2D eigenvalue weighted by atomic mass is 14.5. The van der Waals surface area contributed by atoms with Crippen LogP contribution in [0.1, 0.15) is 95.6 Å². The first kappa shape index (κ1) is 19.5. The Balaban J connectivity index is 1.55. The van der Waals surface area contributed by atoms with E-state index < -0.39 is 0 Å². The van der Waals surface area contributed by atoms with E-state index in [1.165, 1.54) is 68.9 Å². The summed E-state index contributed by atoms with van der Waals surface area (Å²) in [6.45, 7) is 4.50. The lowest BCUT2D eigenvalue weighted by atomic mass is 9.62. The molecular weight excluding hydrogens is 314 g/mol. The Kier molecular flexibility index (Phi) is 6.80. The fourth-order valence-corrected chi connectivity index (χ4v) is 5.57. The molecule has 142 valence electrons. The molecule has 3 rings (SSSR count). The van der Waals surface area contributed by atoms with Gasteiger partial charge in [0.2, 0.25) is 0 Å². The molecule has 2 saturated carbocycles. The predicted octanol–water partition coefficient (Wildman–Crippen LogP) is 7.20. The summed E-state index contributed by atoms with van der Waals surface area (Å²) < 4.78 is 0. The topological polar surface area (TPSA) is 23.8 Å². The molecule has 0 atom stereocenters. The molecule has 2 fully saturated rings. The van der Waals surface area contributed by atoms with Gasteiger partial charge in [0.25, 0.3) is 0 Å². The van der Waals surface area contributed by atoms with Crippen LogP contribution >= 0.6 is 0 Å². The molecule has 0 unspecified atom stereocenters. The van der Waals surface area contributed by atoms with E-state index in [9.17, 15) is 5.26 Å². The molecule has 0 heterocycles. The van der Waals surface area contributed by atoms with Crippen LogP contribution in [0.4, 0.5) is 0 Å². The van der Waals surface area contributed by atoms with Gasteiger partial charge in [-0.25, -0.2) is 0 Å². The average molecular weight is 352 g/mol. The molecule has 1 heteroatoms. The highest BCUT2D eigenvalue weighted by Gasteiger charge is 2.39. The molecule has 0 radical (unpaired) electrons. The first-order valence-corrected chi connectivity index (χ1v) is 11.2. The average Bonchev–Trinajstić information content (AvgIpc) is 2.73. The Morgan fingerprint density at radius 1 is 0.923 bits per heavy atom.